The minimum absolute atomic E-state index is 0.636. The van der Waals surface area contributed by atoms with Crippen LogP contribution < -0.4 is 4.74 Å². The van der Waals surface area contributed by atoms with Crippen LogP contribution in [0.2, 0.25) is 0 Å². The third-order valence-corrected chi connectivity index (χ3v) is 2.80. The van der Waals surface area contributed by atoms with Gasteiger partial charge in [0.15, 0.2) is 0 Å². The summed E-state index contributed by atoms with van der Waals surface area (Å²) in [6.45, 7) is 0.636. The Kier molecular flexibility index (Phi) is 2.22. The molecule has 1 aliphatic rings. The maximum absolute atomic E-state index is 5.80. The molecule has 0 unspecified atom stereocenters. The zero-order chi connectivity index (χ0) is 10.8. The summed E-state index contributed by atoms with van der Waals surface area (Å²) in [5.74, 6) is 0.952. The Morgan fingerprint density at radius 3 is 2.38 bits per heavy atom. The molecule has 0 bridgehead atoms. The molecule has 2 aromatic rings. The molecule has 0 aromatic heterocycles. The van der Waals surface area contributed by atoms with Crippen molar-refractivity contribution in [2.45, 2.75) is 6.61 Å². The van der Waals surface area contributed by atoms with E-state index < -0.39 is 0 Å². The van der Waals surface area contributed by atoms with Crippen molar-refractivity contribution in [1.29, 1.82) is 0 Å². The smallest absolute Gasteiger partial charge is 0.127 e. The lowest BCUT2D eigenvalue weighted by molar-refractivity contribution is 0.305. The van der Waals surface area contributed by atoms with Gasteiger partial charge in [0.05, 0.1) is 0 Å². The van der Waals surface area contributed by atoms with Crippen LogP contribution in [-0.4, -0.2) is 0 Å². The molecular formula is C15H12O. The lowest BCUT2D eigenvalue weighted by Crippen LogP contribution is -2.00. The van der Waals surface area contributed by atoms with Crippen molar-refractivity contribution in [2.24, 2.45) is 0 Å². The first-order valence-corrected chi connectivity index (χ1v) is 5.41. The standard InChI is InChI=1S/C15H12O/c1-2-7-14-11-16-15-8-4-3-6-13(15)10-9-12(14)5-1/h1-10H,11H2. The Balaban J connectivity index is 2.10. The largest absolute Gasteiger partial charge is 0.488 e. The van der Waals surface area contributed by atoms with Crippen LogP contribution >= 0.6 is 0 Å². The Labute approximate surface area is 95.0 Å². The second kappa shape index (κ2) is 3.86. The van der Waals surface area contributed by atoms with E-state index in [1.807, 2.05) is 24.3 Å². The third kappa shape index (κ3) is 1.61. The predicted molar refractivity (Wildman–Crippen MR) is 66.1 cm³/mol. The van der Waals surface area contributed by atoms with Gasteiger partial charge in [-0.05, 0) is 17.2 Å². The molecule has 0 atom stereocenters. The highest BCUT2D eigenvalue weighted by Gasteiger charge is 2.06. The third-order valence-electron chi connectivity index (χ3n) is 2.80. The van der Waals surface area contributed by atoms with E-state index >= 15 is 0 Å². The summed E-state index contributed by atoms with van der Waals surface area (Å²) in [7, 11) is 0. The van der Waals surface area contributed by atoms with Crippen molar-refractivity contribution in [1.82, 2.24) is 0 Å². The van der Waals surface area contributed by atoms with E-state index in [2.05, 4.69) is 36.4 Å². The average Bonchev–Trinajstić information content (AvgIpc) is 2.32. The normalized spacial score (nSPS) is 13.0. The summed E-state index contributed by atoms with van der Waals surface area (Å²) in [4.78, 5) is 0. The molecule has 0 N–H and O–H groups in total. The fourth-order valence-corrected chi connectivity index (χ4v) is 1.91. The van der Waals surface area contributed by atoms with Gasteiger partial charge in [-0.1, -0.05) is 54.6 Å². The summed E-state index contributed by atoms with van der Waals surface area (Å²) in [5.41, 5.74) is 3.60. The van der Waals surface area contributed by atoms with Crippen molar-refractivity contribution in [3.8, 4) is 5.75 Å². The highest BCUT2D eigenvalue weighted by atomic mass is 16.5. The van der Waals surface area contributed by atoms with E-state index in [0.717, 1.165) is 11.3 Å². The number of rotatable bonds is 0. The SMILES string of the molecule is C1=Cc2ccccc2OCc2ccccc21. The van der Waals surface area contributed by atoms with E-state index in [1.54, 1.807) is 0 Å². The molecule has 0 radical (unpaired) electrons. The minimum atomic E-state index is 0.636. The van der Waals surface area contributed by atoms with Gasteiger partial charge in [-0.15, -0.1) is 0 Å². The maximum atomic E-state index is 5.80. The van der Waals surface area contributed by atoms with Crippen molar-refractivity contribution < 1.29 is 4.74 Å². The lowest BCUT2D eigenvalue weighted by Gasteiger charge is -2.13. The molecular weight excluding hydrogens is 196 g/mol. The van der Waals surface area contributed by atoms with Gasteiger partial charge < -0.3 is 4.74 Å². The molecule has 0 saturated carbocycles. The first kappa shape index (κ1) is 9.22. The lowest BCUT2D eigenvalue weighted by atomic mass is 10.0. The average molecular weight is 208 g/mol. The summed E-state index contributed by atoms with van der Waals surface area (Å²) in [5, 5.41) is 0. The molecule has 0 amide bonds. The topological polar surface area (TPSA) is 9.23 Å². The van der Waals surface area contributed by atoms with Crippen LogP contribution in [0.3, 0.4) is 0 Å². The highest BCUT2D eigenvalue weighted by molar-refractivity contribution is 5.74. The summed E-state index contributed by atoms with van der Waals surface area (Å²) in [6, 6.07) is 16.4. The molecule has 2 aromatic carbocycles. The molecule has 78 valence electrons. The van der Waals surface area contributed by atoms with Gasteiger partial charge in [0.1, 0.15) is 12.4 Å². The van der Waals surface area contributed by atoms with Gasteiger partial charge in [-0.2, -0.15) is 0 Å². The molecule has 1 heteroatoms. The molecule has 0 aliphatic carbocycles. The van der Waals surface area contributed by atoms with Crippen LogP contribution in [0.1, 0.15) is 16.7 Å². The van der Waals surface area contributed by atoms with Crippen molar-refractivity contribution in [3.05, 3.63) is 65.2 Å². The first-order chi connectivity index (χ1) is 7.93. The van der Waals surface area contributed by atoms with Gasteiger partial charge in [-0.3, -0.25) is 0 Å². The fourth-order valence-electron chi connectivity index (χ4n) is 1.91. The van der Waals surface area contributed by atoms with Crippen LogP contribution in [0, 0.1) is 0 Å². The Bertz CT molecular complexity index is 491. The highest BCUT2D eigenvalue weighted by Crippen LogP contribution is 2.25. The van der Waals surface area contributed by atoms with E-state index in [4.69, 9.17) is 4.74 Å². The molecule has 0 saturated heterocycles. The molecule has 1 heterocycles. The van der Waals surface area contributed by atoms with Gasteiger partial charge in [0, 0.05) is 5.56 Å². The van der Waals surface area contributed by atoms with Crippen LogP contribution in [0.25, 0.3) is 12.2 Å². The Morgan fingerprint density at radius 1 is 0.750 bits per heavy atom. The number of hydrogen-bond acceptors (Lipinski definition) is 1. The van der Waals surface area contributed by atoms with E-state index in [1.165, 1.54) is 11.1 Å². The monoisotopic (exact) mass is 208 g/mol. The summed E-state index contributed by atoms with van der Waals surface area (Å²) in [6.07, 6.45) is 4.25. The molecule has 1 nitrogen and oxygen atoms in total. The summed E-state index contributed by atoms with van der Waals surface area (Å²) < 4.78 is 5.80. The second-order valence-electron chi connectivity index (χ2n) is 3.86. The molecule has 3 rings (SSSR count). The van der Waals surface area contributed by atoms with Crippen LogP contribution in [0.5, 0.6) is 5.75 Å². The molecule has 0 fully saturated rings. The zero-order valence-corrected chi connectivity index (χ0v) is 8.89. The summed E-state index contributed by atoms with van der Waals surface area (Å²) >= 11 is 0. The number of benzene rings is 2. The van der Waals surface area contributed by atoms with Gasteiger partial charge in [0.2, 0.25) is 0 Å². The van der Waals surface area contributed by atoms with Crippen molar-refractivity contribution in [3.63, 3.8) is 0 Å². The Hall–Kier alpha value is -2.02. The predicted octanol–water partition coefficient (Wildman–Crippen LogP) is 3.75. The van der Waals surface area contributed by atoms with E-state index in [0.29, 0.717) is 6.61 Å². The van der Waals surface area contributed by atoms with Crippen LogP contribution in [-0.2, 0) is 6.61 Å². The van der Waals surface area contributed by atoms with Gasteiger partial charge in [0.25, 0.3) is 0 Å². The number of ether oxygens (including phenoxy) is 1. The molecule has 16 heavy (non-hydrogen) atoms. The minimum Gasteiger partial charge on any atom is -0.488 e. The maximum Gasteiger partial charge on any atom is 0.127 e. The first-order valence-electron chi connectivity index (χ1n) is 5.41. The van der Waals surface area contributed by atoms with Crippen LogP contribution in [0.4, 0.5) is 0 Å². The van der Waals surface area contributed by atoms with Gasteiger partial charge >= 0.3 is 0 Å². The van der Waals surface area contributed by atoms with Crippen LogP contribution in [0.15, 0.2) is 48.5 Å². The quantitative estimate of drug-likeness (QED) is 0.640. The Morgan fingerprint density at radius 2 is 1.44 bits per heavy atom. The molecule has 0 spiro atoms. The van der Waals surface area contributed by atoms with Gasteiger partial charge in [-0.25, -0.2) is 0 Å². The van der Waals surface area contributed by atoms with Crippen molar-refractivity contribution in [2.75, 3.05) is 0 Å². The molecule has 1 aliphatic heterocycles. The fraction of sp³-hybridized carbons (Fsp3) is 0.0667. The zero-order valence-electron chi connectivity index (χ0n) is 8.89. The van der Waals surface area contributed by atoms with E-state index in [9.17, 15) is 0 Å². The number of fused-ring (bicyclic) bond motifs is 2. The number of hydrogen-bond donors (Lipinski definition) is 0. The number of para-hydroxylation sites is 1. The second-order valence-corrected chi connectivity index (χ2v) is 3.86. The van der Waals surface area contributed by atoms with Crippen molar-refractivity contribution >= 4 is 12.2 Å². The van der Waals surface area contributed by atoms with E-state index in [-0.39, 0.29) is 0 Å².